The third kappa shape index (κ3) is 4.16. The highest BCUT2D eigenvalue weighted by molar-refractivity contribution is 6.03. The van der Waals surface area contributed by atoms with Gasteiger partial charge in [0.15, 0.2) is 0 Å². The van der Waals surface area contributed by atoms with Crippen LogP contribution in [0.2, 0.25) is 0 Å². The van der Waals surface area contributed by atoms with Crippen LogP contribution in [-0.2, 0) is 0 Å². The first-order valence-corrected chi connectivity index (χ1v) is 8.91. The molecule has 132 valence electrons. The molecule has 0 aliphatic carbocycles. The fourth-order valence-electron chi connectivity index (χ4n) is 3.20. The molecule has 1 aliphatic heterocycles. The molecule has 1 fully saturated rings. The third-order valence-corrected chi connectivity index (χ3v) is 4.78. The number of benzene rings is 1. The minimum atomic E-state index is -0.194. The number of piperidine rings is 1. The summed E-state index contributed by atoms with van der Waals surface area (Å²) in [6, 6.07) is 7.65. The van der Waals surface area contributed by atoms with E-state index in [-0.39, 0.29) is 5.91 Å². The van der Waals surface area contributed by atoms with Crippen molar-refractivity contribution < 1.29 is 4.79 Å². The summed E-state index contributed by atoms with van der Waals surface area (Å²) < 4.78 is 0. The van der Waals surface area contributed by atoms with Gasteiger partial charge in [-0.25, -0.2) is 9.97 Å². The third-order valence-electron chi connectivity index (χ3n) is 4.78. The molecule has 1 unspecified atom stereocenters. The Morgan fingerprint density at radius 1 is 1.16 bits per heavy atom. The predicted octanol–water partition coefficient (Wildman–Crippen LogP) is 3.89. The van der Waals surface area contributed by atoms with E-state index in [1.54, 1.807) is 6.07 Å². The zero-order chi connectivity index (χ0) is 18.0. The molecule has 25 heavy (non-hydrogen) atoms. The number of amides is 1. The van der Waals surface area contributed by atoms with Crippen LogP contribution in [0, 0.1) is 26.7 Å². The summed E-state index contributed by atoms with van der Waals surface area (Å²) in [5.41, 5.74) is 4.38. The first-order valence-electron chi connectivity index (χ1n) is 8.91. The van der Waals surface area contributed by atoms with Gasteiger partial charge in [0.1, 0.15) is 5.69 Å². The molecule has 5 nitrogen and oxygen atoms in total. The van der Waals surface area contributed by atoms with Gasteiger partial charge in [0.2, 0.25) is 5.95 Å². The number of carbonyl (C=O) groups excluding carboxylic acids is 1. The molecular weight excluding hydrogens is 312 g/mol. The maximum atomic E-state index is 12.6. The van der Waals surface area contributed by atoms with Crippen molar-refractivity contribution in [1.82, 2.24) is 9.97 Å². The molecule has 1 aromatic carbocycles. The number of hydrogen-bond acceptors (Lipinski definition) is 4. The molecule has 2 heterocycles. The Morgan fingerprint density at radius 2 is 1.96 bits per heavy atom. The molecule has 1 aromatic heterocycles. The van der Waals surface area contributed by atoms with Gasteiger partial charge in [0.05, 0.1) is 0 Å². The first-order chi connectivity index (χ1) is 11.9. The lowest BCUT2D eigenvalue weighted by atomic mass is 10.0. The zero-order valence-corrected chi connectivity index (χ0v) is 15.5. The average molecular weight is 338 g/mol. The normalized spacial score (nSPS) is 17.4. The molecule has 2 aromatic rings. The minimum absolute atomic E-state index is 0.194. The van der Waals surface area contributed by atoms with E-state index in [4.69, 9.17) is 0 Å². The van der Waals surface area contributed by atoms with Crippen LogP contribution >= 0.6 is 0 Å². The number of nitrogens with one attached hydrogen (secondary N) is 1. The van der Waals surface area contributed by atoms with Crippen molar-refractivity contribution in [2.24, 2.45) is 5.92 Å². The fourth-order valence-corrected chi connectivity index (χ4v) is 3.20. The molecule has 1 saturated heterocycles. The van der Waals surface area contributed by atoms with E-state index >= 15 is 0 Å². The monoisotopic (exact) mass is 338 g/mol. The van der Waals surface area contributed by atoms with Crippen LogP contribution in [-0.4, -0.2) is 29.0 Å². The molecule has 0 bridgehead atoms. The highest BCUT2D eigenvalue weighted by Crippen LogP contribution is 2.21. The molecular formula is C20H26N4O. The van der Waals surface area contributed by atoms with Crippen LogP contribution in [0.4, 0.5) is 11.6 Å². The van der Waals surface area contributed by atoms with Crippen LogP contribution < -0.4 is 10.2 Å². The SMILES string of the molecule is Cc1cc(C(=O)Nc2ccc(C)c(C)c2)nc(N2CCCC(C)C2)n1. The van der Waals surface area contributed by atoms with E-state index in [1.807, 2.05) is 32.0 Å². The van der Waals surface area contributed by atoms with Crippen molar-refractivity contribution in [2.75, 3.05) is 23.3 Å². The number of rotatable bonds is 3. The van der Waals surface area contributed by atoms with Gasteiger partial charge in [-0.2, -0.15) is 0 Å². The van der Waals surface area contributed by atoms with Gasteiger partial charge in [-0.1, -0.05) is 13.0 Å². The number of aryl methyl sites for hydroxylation is 3. The summed E-state index contributed by atoms with van der Waals surface area (Å²) in [5.74, 6) is 1.10. The molecule has 5 heteroatoms. The van der Waals surface area contributed by atoms with E-state index in [0.29, 0.717) is 17.6 Å². The summed E-state index contributed by atoms with van der Waals surface area (Å²) in [6.45, 7) is 10.1. The lowest BCUT2D eigenvalue weighted by Gasteiger charge is -2.31. The Hall–Kier alpha value is -2.43. The van der Waals surface area contributed by atoms with E-state index in [1.165, 1.54) is 12.0 Å². The Kier molecular flexibility index (Phi) is 5.02. The second kappa shape index (κ2) is 7.21. The largest absolute Gasteiger partial charge is 0.341 e. The summed E-state index contributed by atoms with van der Waals surface area (Å²) >= 11 is 0. The zero-order valence-electron chi connectivity index (χ0n) is 15.5. The van der Waals surface area contributed by atoms with Crippen LogP contribution in [0.3, 0.4) is 0 Å². The highest BCUT2D eigenvalue weighted by atomic mass is 16.1. The molecule has 0 saturated carbocycles. The predicted molar refractivity (Wildman–Crippen MR) is 101 cm³/mol. The van der Waals surface area contributed by atoms with Gasteiger partial charge in [-0.05, 0) is 68.9 Å². The van der Waals surface area contributed by atoms with Crippen LogP contribution in [0.15, 0.2) is 24.3 Å². The van der Waals surface area contributed by atoms with Crippen molar-refractivity contribution in [3.8, 4) is 0 Å². The standard InChI is InChI=1S/C20H26N4O/c1-13-6-5-9-24(12-13)20-21-16(4)11-18(23-20)19(25)22-17-8-7-14(2)15(3)10-17/h7-8,10-11,13H,5-6,9,12H2,1-4H3,(H,22,25). The van der Waals surface area contributed by atoms with E-state index in [2.05, 4.69) is 34.0 Å². The summed E-state index contributed by atoms with van der Waals surface area (Å²) in [6.07, 6.45) is 2.38. The van der Waals surface area contributed by atoms with Crippen molar-refractivity contribution in [3.63, 3.8) is 0 Å². The molecule has 0 spiro atoms. The Morgan fingerprint density at radius 3 is 2.68 bits per heavy atom. The van der Waals surface area contributed by atoms with E-state index < -0.39 is 0 Å². The minimum Gasteiger partial charge on any atom is -0.341 e. The number of anilines is 2. The van der Waals surface area contributed by atoms with Gasteiger partial charge in [0, 0.05) is 24.5 Å². The van der Waals surface area contributed by atoms with Gasteiger partial charge >= 0.3 is 0 Å². The highest BCUT2D eigenvalue weighted by Gasteiger charge is 2.20. The van der Waals surface area contributed by atoms with Crippen molar-refractivity contribution >= 4 is 17.5 Å². The van der Waals surface area contributed by atoms with Gasteiger partial charge in [0.25, 0.3) is 5.91 Å². The Labute approximate surface area is 149 Å². The second-order valence-corrected chi connectivity index (χ2v) is 7.14. The summed E-state index contributed by atoms with van der Waals surface area (Å²) in [4.78, 5) is 23.9. The Bertz CT molecular complexity index is 787. The van der Waals surface area contributed by atoms with Crippen molar-refractivity contribution in [3.05, 3.63) is 46.8 Å². The first kappa shape index (κ1) is 17.4. The summed E-state index contributed by atoms with van der Waals surface area (Å²) in [7, 11) is 0. The smallest absolute Gasteiger partial charge is 0.274 e. The molecule has 1 amide bonds. The van der Waals surface area contributed by atoms with Crippen molar-refractivity contribution in [1.29, 1.82) is 0 Å². The molecule has 1 aliphatic rings. The number of aromatic nitrogens is 2. The molecule has 0 radical (unpaired) electrons. The lowest BCUT2D eigenvalue weighted by molar-refractivity contribution is 0.102. The molecule has 3 rings (SSSR count). The van der Waals surface area contributed by atoms with Gasteiger partial charge in [-0.15, -0.1) is 0 Å². The van der Waals surface area contributed by atoms with E-state index in [0.717, 1.165) is 36.5 Å². The fraction of sp³-hybridized carbons (Fsp3) is 0.450. The maximum absolute atomic E-state index is 12.6. The van der Waals surface area contributed by atoms with Crippen molar-refractivity contribution in [2.45, 2.75) is 40.5 Å². The van der Waals surface area contributed by atoms with Gasteiger partial charge in [-0.3, -0.25) is 4.79 Å². The summed E-state index contributed by atoms with van der Waals surface area (Å²) in [5, 5.41) is 2.94. The topological polar surface area (TPSA) is 58.1 Å². The quantitative estimate of drug-likeness (QED) is 0.922. The lowest BCUT2D eigenvalue weighted by Crippen LogP contribution is -2.36. The van der Waals surface area contributed by atoms with Gasteiger partial charge < -0.3 is 10.2 Å². The number of nitrogens with zero attached hydrogens (tertiary/aromatic N) is 3. The number of carbonyl (C=O) groups is 1. The number of hydrogen-bond donors (Lipinski definition) is 1. The molecule has 1 N–H and O–H groups in total. The van der Waals surface area contributed by atoms with E-state index in [9.17, 15) is 4.79 Å². The maximum Gasteiger partial charge on any atom is 0.274 e. The Balaban J connectivity index is 1.81. The van der Waals surface area contributed by atoms with Crippen LogP contribution in [0.1, 0.15) is 47.1 Å². The molecule has 1 atom stereocenters. The van der Waals surface area contributed by atoms with Crippen LogP contribution in [0.25, 0.3) is 0 Å². The van der Waals surface area contributed by atoms with Crippen LogP contribution in [0.5, 0.6) is 0 Å². The average Bonchev–Trinajstić information content (AvgIpc) is 2.57. The second-order valence-electron chi connectivity index (χ2n) is 7.14.